The van der Waals surface area contributed by atoms with Gasteiger partial charge in [0.25, 0.3) is 0 Å². The predicted octanol–water partition coefficient (Wildman–Crippen LogP) is 4.20. The molecule has 0 amide bonds. The van der Waals surface area contributed by atoms with Crippen LogP contribution in [0.25, 0.3) is 16.9 Å². The van der Waals surface area contributed by atoms with Gasteiger partial charge in [0, 0.05) is 18.3 Å². The van der Waals surface area contributed by atoms with E-state index in [0.29, 0.717) is 29.6 Å². The Morgan fingerprint density at radius 1 is 1.18 bits per heavy atom. The number of fused-ring (bicyclic) bond motifs is 1. The van der Waals surface area contributed by atoms with Crippen LogP contribution < -0.4 is 10.2 Å². The van der Waals surface area contributed by atoms with E-state index in [2.05, 4.69) is 38.4 Å². The van der Waals surface area contributed by atoms with Gasteiger partial charge in [0.2, 0.25) is 0 Å². The van der Waals surface area contributed by atoms with Crippen molar-refractivity contribution >= 4 is 34.1 Å². The van der Waals surface area contributed by atoms with Gasteiger partial charge < -0.3 is 10.2 Å². The van der Waals surface area contributed by atoms with E-state index in [1.807, 2.05) is 54.0 Å². The summed E-state index contributed by atoms with van der Waals surface area (Å²) in [5.74, 6) is 1.82. The molecule has 1 aromatic carbocycles. The number of anilines is 3. The number of carbonyl (C=O) groups is 1. The molecule has 0 radical (unpaired) electrons. The largest absolute Gasteiger partial charge is 0.352 e. The minimum absolute atomic E-state index is 0.0490. The van der Waals surface area contributed by atoms with Gasteiger partial charge in [0.1, 0.15) is 18.0 Å². The highest BCUT2D eigenvalue weighted by Gasteiger charge is 2.32. The lowest BCUT2D eigenvalue weighted by Crippen LogP contribution is -2.29. The Balaban J connectivity index is 1.50. The van der Waals surface area contributed by atoms with Crippen molar-refractivity contribution < 1.29 is 4.79 Å². The maximum atomic E-state index is 12.3. The van der Waals surface area contributed by atoms with Crippen molar-refractivity contribution in [3.05, 3.63) is 60.0 Å². The molecule has 1 saturated heterocycles. The van der Waals surface area contributed by atoms with Crippen LogP contribution in [-0.4, -0.2) is 43.1 Å². The SMILES string of the molecule is CC(=O)c1ccc(-n2cnc3cc(Nc4ccc(C)nn4)ccc32)nc1N1C[C@@H](C#N)C[C@H]1C. The number of nitriles is 1. The Bertz CT molecular complexity index is 1420. The molecule has 1 aliphatic heterocycles. The molecule has 3 aromatic heterocycles. The second kappa shape index (κ2) is 8.56. The maximum Gasteiger partial charge on any atom is 0.163 e. The van der Waals surface area contributed by atoms with Crippen molar-refractivity contribution in [2.24, 2.45) is 5.92 Å². The summed E-state index contributed by atoms with van der Waals surface area (Å²) in [6, 6.07) is 15.8. The van der Waals surface area contributed by atoms with Gasteiger partial charge in [-0.05, 0) is 69.7 Å². The van der Waals surface area contributed by atoms with Crippen molar-refractivity contribution in [3.63, 3.8) is 0 Å². The van der Waals surface area contributed by atoms with E-state index in [1.165, 1.54) is 0 Å². The van der Waals surface area contributed by atoms with E-state index in [1.54, 1.807) is 13.3 Å². The zero-order valence-electron chi connectivity index (χ0n) is 19.2. The number of aryl methyl sites for hydroxylation is 1. The van der Waals surface area contributed by atoms with Crippen LogP contribution in [0.5, 0.6) is 0 Å². The van der Waals surface area contributed by atoms with Crippen molar-refractivity contribution in [1.82, 2.24) is 24.7 Å². The highest BCUT2D eigenvalue weighted by molar-refractivity contribution is 5.99. The molecule has 2 atom stereocenters. The fraction of sp³-hybridized carbons (Fsp3) is 0.280. The molecule has 34 heavy (non-hydrogen) atoms. The molecule has 170 valence electrons. The van der Waals surface area contributed by atoms with Gasteiger partial charge in [-0.1, -0.05) is 0 Å². The van der Waals surface area contributed by atoms with E-state index < -0.39 is 0 Å². The normalized spacial score (nSPS) is 17.6. The van der Waals surface area contributed by atoms with Crippen molar-refractivity contribution in [3.8, 4) is 11.9 Å². The van der Waals surface area contributed by atoms with Crippen LogP contribution in [0.4, 0.5) is 17.3 Å². The zero-order chi connectivity index (χ0) is 23.8. The van der Waals surface area contributed by atoms with E-state index in [9.17, 15) is 10.1 Å². The summed E-state index contributed by atoms with van der Waals surface area (Å²) in [4.78, 5) is 23.8. The fourth-order valence-corrected chi connectivity index (χ4v) is 4.37. The number of nitrogens with zero attached hydrogens (tertiary/aromatic N) is 7. The first-order chi connectivity index (χ1) is 16.4. The molecule has 1 fully saturated rings. The maximum absolute atomic E-state index is 12.3. The highest BCUT2D eigenvalue weighted by Crippen LogP contribution is 2.32. The number of nitrogens with one attached hydrogen (secondary N) is 1. The Kier molecular flexibility index (Phi) is 5.42. The average molecular weight is 453 g/mol. The van der Waals surface area contributed by atoms with E-state index in [0.717, 1.165) is 28.8 Å². The number of rotatable bonds is 5. The minimum Gasteiger partial charge on any atom is -0.352 e. The summed E-state index contributed by atoms with van der Waals surface area (Å²) in [6.07, 6.45) is 2.49. The summed E-state index contributed by atoms with van der Waals surface area (Å²) < 4.78 is 1.90. The number of ketones is 1. The van der Waals surface area contributed by atoms with E-state index in [-0.39, 0.29) is 17.7 Å². The van der Waals surface area contributed by atoms with Crippen LogP contribution in [-0.2, 0) is 0 Å². The standard InChI is InChI=1S/C25H24N8O/c1-15-4-8-23(31-30-15)28-19-5-7-22-21(11-19)27-14-33(22)24-9-6-20(17(3)34)25(29-24)32-13-18(12-26)10-16(32)2/h4-9,11,14,16,18H,10,13H2,1-3H3,(H,28,31)/t16-,18-/m1/s1. The molecule has 0 spiro atoms. The third-order valence-electron chi connectivity index (χ3n) is 6.13. The number of aromatic nitrogens is 5. The number of Topliss-reactive ketones (excluding diaryl/α,β-unsaturated/α-hetero) is 1. The van der Waals surface area contributed by atoms with Crippen LogP contribution in [0.3, 0.4) is 0 Å². The number of hydrogen-bond donors (Lipinski definition) is 1. The topological polar surface area (TPSA) is 113 Å². The predicted molar refractivity (Wildman–Crippen MR) is 129 cm³/mol. The molecule has 0 aliphatic carbocycles. The monoisotopic (exact) mass is 452 g/mol. The van der Waals surface area contributed by atoms with Gasteiger partial charge in [0.05, 0.1) is 34.3 Å². The molecule has 9 nitrogen and oxygen atoms in total. The van der Waals surface area contributed by atoms with Crippen LogP contribution in [0.2, 0.25) is 0 Å². The second-order valence-corrected chi connectivity index (χ2v) is 8.66. The number of imidazole rings is 1. The molecule has 5 rings (SSSR count). The number of carbonyl (C=O) groups excluding carboxylic acids is 1. The summed E-state index contributed by atoms with van der Waals surface area (Å²) in [5.41, 5.74) is 3.95. The Morgan fingerprint density at radius 2 is 2.03 bits per heavy atom. The lowest BCUT2D eigenvalue weighted by atomic mass is 10.1. The first-order valence-electron chi connectivity index (χ1n) is 11.2. The average Bonchev–Trinajstić information content (AvgIpc) is 3.43. The Hall–Kier alpha value is -4.32. The molecule has 4 aromatic rings. The Morgan fingerprint density at radius 3 is 2.74 bits per heavy atom. The smallest absolute Gasteiger partial charge is 0.163 e. The summed E-state index contributed by atoms with van der Waals surface area (Å²) >= 11 is 0. The number of hydrogen-bond acceptors (Lipinski definition) is 8. The van der Waals surface area contributed by atoms with Crippen LogP contribution in [0.15, 0.2) is 48.8 Å². The molecule has 0 bridgehead atoms. The second-order valence-electron chi connectivity index (χ2n) is 8.66. The molecular weight excluding hydrogens is 428 g/mol. The van der Waals surface area contributed by atoms with Crippen LogP contribution in [0.1, 0.15) is 36.3 Å². The van der Waals surface area contributed by atoms with Gasteiger partial charge in [-0.25, -0.2) is 9.97 Å². The third-order valence-corrected chi connectivity index (χ3v) is 6.13. The molecular formula is C25H24N8O. The van der Waals surface area contributed by atoms with Crippen molar-refractivity contribution in [1.29, 1.82) is 5.26 Å². The molecule has 4 heterocycles. The quantitative estimate of drug-likeness (QED) is 0.448. The highest BCUT2D eigenvalue weighted by atomic mass is 16.1. The molecule has 0 unspecified atom stereocenters. The van der Waals surface area contributed by atoms with Crippen molar-refractivity contribution in [2.45, 2.75) is 33.2 Å². The lowest BCUT2D eigenvalue weighted by Gasteiger charge is -2.25. The summed E-state index contributed by atoms with van der Waals surface area (Å²) in [5, 5.41) is 20.8. The Labute approximate surface area is 197 Å². The third kappa shape index (κ3) is 3.94. The van der Waals surface area contributed by atoms with Gasteiger partial charge >= 0.3 is 0 Å². The summed E-state index contributed by atoms with van der Waals surface area (Å²) in [7, 11) is 0. The summed E-state index contributed by atoms with van der Waals surface area (Å²) in [6.45, 7) is 6.07. The van der Waals surface area contributed by atoms with Crippen LogP contribution >= 0.6 is 0 Å². The first-order valence-corrected chi connectivity index (χ1v) is 11.2. The minimum atomic E-state index is -0.0709. The van der Waals surface area contributed by atoms with Gasteiger partial charge in [-0.2, -0.15) is 10.4 Å². The lowest BCUT2D eigenvalue weighted by molar-refractivity contribution is 0.101. The molecule has 1 N–H and O–H groups in total. The van der Waals surface area contributed by atoms with Gasteiger partial charge in [-0.15, -0.1) is 5.10 Å². The van der Waals surface area contributed by atoms with Crippen LogP contribution in [0, 0.1) is 24.2 Å². The first kappa shape index (κ1) is 21.5. The molecule has 9 heteroatoms. The van der Waals surface area contributed by atoms with E-state index in [4.69, 9.17) is 4.98 Å². The zero-order valence-corrected chi connectivity index (χ0v) is 19.2. The number of pyridine rings is 1. The fourth-order valence-electron chi connectivity index (χ4n) is 4.37. The van der Waals surface area contributed by atoms with E-state index >= 15 is 0 Å². The van der Waals surface area contributed by atoms with Crippen molar-refractivity contribution in [2.75, 3.05) is 16.8 Å². The number of benzene rings is 1. The van der Waals surface area contributed by atoms with Gasteiger partial charge in [0.15, 0.2) is 11.6 Å². The molecule has 0 saturated carbocycles. The molecule has 1 aliphatic rings. The van der Waals surface area contributed by atoms with Gasteiger partial charge in [-0.3, -0.25) is 9.36 Å².